The van der Waals surface area contributed by atoms with E-state index in [0.29, 0.717) is 15.8 Å². The molecule has 0 spiro atoms. The van der Waals surface area contributed by atoms with E-state index >= 15 is 0 Å². The number of aryl methyl sites for hydroxylation is 1. The zero-order valence-electron chi connectivity index (χ0n) is 10.5. The highest BCUT2D eigenvalue weighted by Gasteiger charge is 2.16. The minimum atomic E-state index is -3.64. The molecule has 7 heteroatoms. The molecular weight excluding hydrogens is 408 g/mol. The quantitative estimate of drug-likeness (QED) is 0.741. The first-order valence-corrected chi connectivity index (χ1v) is 8.70. The average Bonchev–Trinajstić information content (AvgIpc) is 2.36. The number of nitrogen functional groups attached to an aromatic ring is 1. The number of hydrogen-bond acceptors (Lipinski definition) is 3. The van der Waals surface area contributed by atoms with Crippen LogP contribution in [0.15, 0.2) is 50.2 Å². The lowest BCUT2D eigenvalue weighted by molar-refractivity contribution is 0.601. The predicted molar refractivity (Wildman–Crippen MR) is 88.2 cm³/mol. The van der Waals surface area contributed by atoms with E-state index < -0.39 is 10.0 Å². The summed E-state index contributed by atoms with van der Waals surface area (Å²) in [4.78, 5) is 0.187. The van der Waals surface area contributed by atoms with Crippen molar-refractivity contribution in [3.05, 3.63) is 50.9 Å². The van der Waals surface area contributed by atoms with Gasteiger partial charge in [0.2, 0.25) is 0 Å². The Morgan fingerprint density at radius 3 is 2.30 bits per heavy atom. The molecule has 0 amide bonds. The first-order chi connectivity index (χ1) is 9.29. The van der Waals surface area contributed by atoms with Gasteiger partial charge in [0.25, 0.3) is 10.0 Å². The maximum atomic E-state index is 12.3. The summed E-state index contributed by atoms with van der Waals surface area (Å²) >= 11 is 6.60. The van der Waals surface area contributed by atoms with Gasteiger partial charge in [0.05, 0.1) is 10.6 Å². The molecule has 0 aliphatic carbocycles. The van der Waals surface area contributed by atoms with Gasteiger partial charge < -0.3 is 5.73 Å². The summed E-state index contributed by atoms with van der Waals surface area (Å²) in [5.41, 5.74) is 7.63. The third kappa shape index (κ3) is 3.34. The van der Waals surface area contributed by atoms with Crippen LogP contribution in [0.3, 0.4) is 0 Å². The van der Waals surface area contributed by atoms with Gasteiger partial charge >= 0.3 is 0 Å². The normalized spacial score (nSPS) is 11.3. The molecule has 20 heavy (non-hydrogen) atoms. The van der Waals surface area contributed by atoms with Crippen molar-refractivity contribution in [2.45, 2.75) is 11.8 Å². The van der Waals surface area contributed by atoms with E-state index in [-0.39, 0.29) is 4.90 Å². The molecule has 0 unspecified atom stereocenters. The molecule has 0 aromatic heterocycles. The minimum Gasteiger partial charge on any atom is -0.398 e. The molecule has 0 radical (unpaired) electrons. The molecule has 0 atom stereocenters. The Bertz CT molecular complexity index is 744. The highest BCUT2D eigenvalue weighted by Crippen LogP contribution is 2.29. The van der Waals surface area contributed by atoms with E-state index in [9.17, 15) is 8.42 Å². The Morgan fingerprint density at radius 2 is 1.70 bits per heavy atom. The van der Waals surface area contributed by atoms with Crippen molar-refractivity contribution in [2.24, 2.45) is 0 Å². The van der Waals surface area contributed by atoms with E-state index in [2.05, 4.69) is 36.6 Å². The van der Waals surface area contributed by atoms with E-state index in [1.807, 2.05) is 6.92 Å². The number of benzene rings is 2. The standard InChI is InChI=1S/C13H12Br2N2O2S/c1-8-6-11(15)13(7-12(8)16)17-20(18,19)10-4-2-9(14)3-5-10/h2-7,17H,16H2,1H3. The molecule has 0 aliphatic rings. The van der Waals surface area contributed by atoms with E-state index in [1.54, 1.807) is 24.3 Å². The summed E-state index contributed by atoms with van der Waals surface area (Å²) in [5.74, 6) is 0. The molecule has 2 aromatic carbocycles. The topological polar surface area (TPSA) is 72.2 Å². The summed E-state index contributed by atoms with van der Waals surface area (Å²) in [7, 11) is -3.64. The average molecular weight is 420 g/mol. The molecular formula is C13H12Br2N2O2S. The second-order valence-corrected chi connectivity index (χ2v) is 7.70. The lowest BCUT2D eigenvalue weighted by Crippen LogP contribution is -2.13. The van der Waals surface area contributed by atoms with Crippen LogP contribution in [0.2, 0.25) is 0 Å². The first-order valence-electron chi connectivity index (χ1n) is 5.63. The second-order valence-electron chi connectivity index (χ2n) is 4.25. The van der Waals surface area contributed by atoms with E-state index in [1.165, 1.54) is 12.1 Å². The molecule has 2 aromatic rings. The fourth-order valence-electron chi connectivity index (χ4n) is 1.59. The Hall–Kier alpha value is -1.05. The monoisotopic (exact) mass is 418 g/mol. The summed E-state index contributed by atoms with van der Waals surface area (Å²) < 4.78 is 28.5. The van der Waals surface area contributed by atoms with Crippen molar-refractivity contribution < 1.29 is 8.42 Å². The fraction of sp³-hybridized carbons (Fsp3) is 0.0769. The van der Waals surface area contributed by atoms with Crippen molar-refractivity contribution in [1.29, 1.82) is 0 Å². The Balaban J connectivity index is 2.38. The third-order valence-corrected chi connectivity index (χ3v) is 5.29. The summed E-state index contributed by atoms with van der Waals surface area (Å²) in [6.07, 6.45) is 0. The number of halogens is 2. The van der Waals surface area contributed by atoms with Crippen LogP contribution < -0.4 is 10.5 Å². The van der Waals surface area contributed by atoms with Crippen molar-refractivity contribution >= 4 is 53.3 Å². The van der Waals surface area contributed by atoms with Crippen LogP contribution in [0.4, 0.5) is 11.4 Å². The maximum absolute atomic E-state index is 12.3. The molecule has 2 rings (SSSR count). The van der Waals surface area contributed by atoms with Gasteiger partial charge in [-0.25, -0.2) is 8.42 Å². The van der Waals surface area contributed by atoms with Gasteiger partial charge in [-0.15, -0.1) is 0 Å². The number of nitrogens with two attached hydrogens (primary N) is 1. The van der Waals surface area contributed by atoms with Crippen molar-refractivity contribution in [3.8, 4) is 0 Å². The van der Waals surface area contributed by atoms with Gasteiger partial charge in [-0.3, -0.25) is 4.72 Å². The van der Waals surface area contributed by atoms with Crippen LogP contribution in [-0.4, -0.2) is 8.42 Å². The highest BCUT2D eigenvalue weighted by atomic mass is 79.9. The van der Waals surface area contributed by atoms with Gasteiger partial charge in [0.1, 0.15) is 0 Å². The van der Waals surface area contributed by atoms with E-state index in [4.69, 9.17) is 5.73 Å². The molecule has 0 bridgehead atoms. The number of rotatable bonds is 3. The number of anilines is 2. The molecule has 106 valence electrons. The molecule has 0 fully saturated rings. The fourth-order valence-corrected chi connectivity index (χ4v) is 3.61. The molecule has 0 heterocycles. The van der Waals surface area contributed by atoms with Crippen molar-refractivity contribution in [2.75, 3.05) is 10.5 Å². The Labute approximate surface area is 134 Å². The van der Waals surface area contributed by atoms with Crippen LogP contribution in [0.5, 0.6) is 0 Å². The lowest BCUT2D eigenvalue weighted by atomic mass is 10.2. The maximum Gasteiger partial charge on any atom is 0.261 e. The second kappa shape index (κ2) is 5.75. The van der Waals surface area contributed by atoms with Gasteiger partial charge in [0.15, 0.2) is 0 Å². The van der Waals surface area contributed by atoms with Crippen LogP contribution in [-0.2, 0) is 10.0 Å². The number of sulfonamides is 1. The molecule has 0 aliphatic heterocycles. The predicted octanol–water partition coefficient (Wildman–Crippen LogP) is 3.90. The third-order valence-electron chi connectivity index (χ3n) is 2.72. The smallest absolute Gasteiger partial charge is 0.261 e. The van der Waals surface area contributed by atoms with Gasteiger partial charge in [0, 0.05) is 14.6 Å². The van der Waals surface area contributed by atoms with Crippen LogP contribution in [0.1, 0.15) is 5.56 Å². The highest BCUT2D eigenvalue weighted by molar-refractivity contribution is 9.10. The van der Waals surface area contributed by atoms with Gasteiger partial charge in [-0.1, -0.05) is 15.9 Å². The Kier molecular flexibility index (Phi) is 4.41. The number of hydrogen-bond donors (Lipinski definition) is 2. The molecule has 0 saturated carbocycles. The number of nitrogens with one attached hydrogen (secondary N) is 1. The molecule has 3 N–H and O–H groups in total. The van der Waals surface area contributed by atoms with Gasteiger partial charge in [-0.2, -0.15) is 0 Å². The molecule has 0 saturated heterocycles. The zero-order valence-corrected chi connectivity index (χ0v) is 14.5. The van der Waals surface area contributed by atoms with Gasteiger partial charge in [-0.05, 0) is 64.8 Å². The van der Waals surface area contributed by atoms with E-state index in [0.717, 1.165) is 10.0 Å². The largest absolute Gasteiger partial charge is 0.398 e. The van der Waals surface area contributed by atoms with Crippen molar-refractivity contribution in [1.82, 2.24) is 0 Å². The summed E-state index contributed by atoms with van der Waals surface area (Å²) in [6, 6.07) is 9.76. The van der Waals surface area contributed by atoms with Crippen molar-refractivity contribution in [3.63, 3.8) is 0 Å². The Morgan fingerprint density at radius 1 is 1.10 bits per heavy atom. The lowest BCUT2D eigenvalue weighted by Gasteiger charge is -2.12. The van der Waals surface area contributed by atoms with Crippen LogP contribution in [0, 0.1) is 6.92 Å². The zero-order chi connectivity index (χ0) is 14.9. The van der Waals surface area contributed by atoms with Crippen LogP contribution >= 0.6 is 31.9 Å². The van der Waals surface area contributed by atoms with Crippen LogP contribution in [0.25, 0.3) is 0 Å². The molecule has 4 nitrogen and oxygen atoms in total. The SMILES string of the molecule is Cc1cc(Br)c(NS(=O)(=O)c2ccc(Br)cc2)cc1N. The minimum absolute atomic E-state index is 0.187. The summed E-state index contributed by atoms with van der Waals surface area (Å²) in [5, 5.41) is 0. The summed E-state index contributed by atoms with van der Waals surface area (Å²) in [6.45, 7) is 1.85. The first kappa shape index (κ1) is 15.3.